The number of amides is 1. The van der Waals surface area contributed by atoms with Gasteiger partial charge in [0, 0.05) is 17.6 Å². The molecule has 1 atom stereocenters. The Morgan fingerprint density at radius 2 is 1.76 bits per heavy atom. The van der Waals surface area contributed by atoms with E-state index in [1.54, 1.807) is 72.2 Å². The van der Waals surface area contributed by atoms with Crippen LogP contribution in [0.5, 0.6) is 5.75 Å². The molecule has 33 heavy (non-hydrogen) atoms. The van der Waals surface area contributed by atoms with Gasteiger partial charge in [0.05, 0.1) is 29.7 Å². The lowest BCUT2D eigenvalue weighted by Gasteiger charge is -2.27. The van der Waals surface area contributed by atoms with Crippen LogP contribution in [-0.4, -0.2) is 34.5 Å². The van der Waals surface area contributed by atoms with Gasteiger partial charge in [-0.2, -0.15) is 0 Å². The van der Waals surface area contributed by atoms with E-state index in [0.717, 1.165) is 5.56 Å². The van der Waals surface area contributed by atoms with Gasteiger partial charge in [0.1, 0.15) is 11.6 Å². The fraction of sp³-hybridized carbons (Fsp3) is 0.192. The van der Waals surface area contributed by atoms with Crippen molar-refractivity contribution in [2.45, 2.75) is 19.9 Å². The second-order valence-electron chi connectivity index (χ2n) is 7.83. The number of para-hydroxylation sites is 1. The molecule has 4 aromatic rings. The lowest BCUT2D eigenvalue weighted by atomic mass is 10.1. The average molecular weight is 462 g/mol. The van der Waals surface area contributed by atoms with E-state index < -0.39 is 6.04 Å². The number of nitrogens with zero attached hydrogens (tertiary/aromatic N) is 3. The number of rotatable bonds is 5. The molecule has 1 amide bonds. The predicted octanol–water partition coefficient (Wildman–Crippen LogP) is 5.19. The largest absolute Gasteiger partial charge is 0.497 e. The molecule has 0 saturated heterocycles. The van der Waals surface area contributed by atoms with Crippen molar-refractivity contribution in [1.82, 2.24) is 14.5 Å². The van der Waals surface area contributed by atoms with Gasteiger partial charge in [-0.25, -0.2) is 4.98 Å². The molecule has 0 fully saturated rings. The molecule has 0 aliphatic rings. The first-order chi connectivity index (χ1) is 15.8. The molecular weight excluding hydrogens is 438 g/mol. The first kappa shape index (κ1) is 22.6. The molecule has 7 heteroatoms. The summed E-state index contributed by atoms with van der Waals surface area (Å²) in [4.78, 5) is 33.2. The van der Waals surface area contributed by atoms with Gasteiger partial charge in [-0.15, -0.1) is 0 Å². The number of carbonyl (C=O) groups is 1. The highest BCUT2D eigenvalue weighted by Crippen LogP contribution is 2.27. The molecule has 168 valence electrons. The van der Waals surface area contributed by atoms with Gasteiger partial charge in [-0.3, -0.25) is 14.2 Å². The van der Waals surface area contributed by atoms with Gasteiger partial charge < -0.3 is 9.64 Å². The summed E-state index contributed by atoms with van der Waals surface area (Å²) in [6.07, 6.45) is 0. The Balaban J connectivity index is 1.87. The zero-order chi connectivity index (χ0) is 23.7. The first-order valence-electron chi connectivity index (χ1n) is 10.5. The van der Waals surface area contributed by atoms with Crippen LogP contribution in [0, 0.1) is 6.92 Å². The maximum atomic E-state index is 13.6. The van der Waals surface area contributed by atoms with Crippen LogP contribution < -0.4 is 10.3 Å². The number of ether oxygens (including phenoxy) is 1. The molecule has 3 aromatic carbocycles. The maximum Gasteiger partial charge on any atom is 0.266 e. The van der Waals surface area contributed by atoms with Crippen molar-refractivity contribution in [3.05, 3.63) is 99.1 Å². The molecular formula is C26H24ClN3O3. The average Bonchev–Trinajstić information content (AvgIpc) is 2.84. The molecule has 4 rings (SSSR count). The third kappa shape index (κ3) is 4.10. The van der Waals surface area contributed by atoms with Crippen LogP contribution in [0.25, 0.3) is 16.6 Å². The first-order valence-corrected chi connectivity index (χ1v) is 10.9. The summed E-state index contributed by atoms with van der Waals surface area (Å²) in [6, 6.07) is 19.0. The Kier molecular flexibility index (Phi) is 6.20. The van der Waals surface area contributed by atoms with Crippen molar-refractivity contribution in [2.75, 3.05) is 14.2 Å². The van der Waals surface area contributed by atoms with Crippen LogP contribution in [0.1, 0.15) is 34.7 Å². The van der Waals surface area contributed by atoms with Crippen LogP contribution in [0.3, 0.4) is 0 Å². The number of methoxy groups -OCH3 is 1. The summed E-state index contributed by atoms with van der Waals surface area (Å²) in [7, 11) is 3.28. The zero-order valence-electron chi connectivity index (χ0n) is 18.9. The highest BCUT2D eigenvalue weighted by Gasteiger charge is 2.25. The fourth-order valence-electron chi connectivity index (χ4n) is 3.79. The Bertz CT molecular complexity index is 1400. The van der Waals surface area contributed by atoms with E-state index in [-0.39, 0.29) is 11.5 Å². The summed E-state index contributed by atoms with van der Waals surface area (Å²) in [5.41, 5.74) is 2.27. The number of hydrogen-bond acceptors (Lipinski definition) is 4. The monoisotopic (exact) mass is 461 g/mol. The number of aromatic nitrogens is 2. The zero-order valence-corrected chi connectivity index (χ0v) is 19.6. The quantitative estimate of drug-likeness (QED) is 0.410. The van der Waals surface area contributed by atoms with Gasteiger partial charge in [0.15, 0.2) is 0 Å². The van der Waals surface area contributed by atoms with Crippen molar-refractivity contribution >= 4 is 28.4 Å². The van der Waals surface area contributed by atoms with Crippen molar-refractivity contribution in [2.24, 2.45) is 0 Å². The van der Waals surface area contributed by atoms with Crippen molar-refractivity contribution in [1.29, 1.82) is 0 Å². The Morgan fingerprint density at radius 3 is 2.45 bits per heavy atom. The topological polar surface area (TPSA) is 64.4 Å². The van der Waals surface area contributed by atoms with Crippen molar-refractivity contribution < 1.29 is 9.53 Å². The van der Waals surface area contributed by atoms with Crippen LogP contribution in [0.15, 0.2) is 71.5 Å². The molecule has 1 unspecified atom stereocenters. The SMILES string of the molecule is COc1ccc(C(=O)N(C)C(C)c2nc3ccccc3c(=O)n2-c2cccc(Cl)c2C)cc1. The molecule has 1 aromatic heterocycles. The Hall–Kier alpha value is -3.64. The van der Waals surface area contributed by atoms with Crippen LogP contribution in [-0.2, 0) is 0 Å². The molecule has 0 aliphatic heterocycles. The highest BCUT2D eigenvalue weighted by atomic mass is 35.5. The second kappa shape index (κ2) is 9.08. The van der Waals surface area contributed by atoms with E-state index in [1.165, 1.54) is 0 Å². The minimum absolute atomic E-state index is 0.193. The number of halogens is 1. The van der Waals surface area contributed by atoms with Crippen LogP contribution in [0.4, 0.5) is 0 Å². The molecule has 0 radical (unpaired) electrons. The minimum Gasteiger partial charge on any atom is -0.497 e. The van der Waals surface area contributed by atoms with Crippen molar-refractivity contribution in [3.63, 3.8) is 0 Å². The number of benzene rings is 3. The third-order valence-corrected chi connectivity index (χ3v) is 6.30. The van der Waals surface area contributed by atoms with Crippen LogP contribution in [0.2, 0.25) is 5.02 Å². The molecule has 0 aliphatic carbocycles. The highest BCUT2D eigenvalue weighted by molar-refractivity contribution is 6.31. The summed E-state index contributed by atoms with van der Waals surface area (Å²) in [6.45, 7) is 3.72. The van der Waals surface area contributed by atoms with Gasteiger partial charge in [0.2, 0.25) is 0 Å². The number of hydrogen-bond donors (Lipinski definition) is 0. The molecule has 0 N–H and O–H groups in total. The van der Waals surface area contributed by atoms with Gasteiger partial charge >= 0.3 is 0 Å². The summed E-state index contributed by atoms with van der Waals surface area (Å²) >= 11 is 6.37. The summed E-state index contributed by atoms with van der Waals surface area (Å²) in [5, 5.41) is 1.05. The smallest absolute Gasteiger partial charge is 0.266 e. The van der Waals surface area contributed by atoms with Gasteiger partial charge in [-0.05, 0) is 67.9 Å². The fourth-order valence-corrected chi connectivity index (χ4v) is 3.96. The molecule has 6 nitrogen and oxygen atoms in total. The third-order valence-electron chi connectivity index (χ3n) is 5.89. The molecule has 0 spiro atoms. The van der Waals surface area contributed by atoms with Crippen molar-refractivity contribution in [3.8, 4) is 11.4 Å². The summed E-state index contributed by atoms with van der Waals surface area (Å²) < 4.78 is 6.74. The van der Waals surface area contributed by atoms with E-state index >= 15 is 0 Å². The van der Waals surface area contributed by atoms with E-state index in [2.05, 4.69) is 0 Å². The molecule has 0 saturated carbocycles. The predicted molar refractivity (Wildman–Crippen MR) is 131 cm³/mol. The Labute approximate surface area is 197 Å². The second-order valence-corrected chi connectivity index (χ2v) is 8.24. The standard InChI is InChI=1S/C26H24ClN3O3/c1-16-21(27)9-7-11-23(16)30-24(28-22-10-6-5-8-20(22)26(30)32)17(2)29(3)25(31)18-12-14-19(33-4)15-13-18/h5-15,17H,1-4H3. The van der Waals surface area contributed by atoms with E-state index in [4.69, 9.17) is 21.3 Å². The minimum atomic E-state index is -0.504. The van der Waals surface area contributed by atoms with Crippen LogP contribution >= 0.6 is 11.6 Å². The van der Waals surface area contributed by atoms with E-state index in [1.807, 2.05) is 32.0 Å². The Morgan fingerprint density at radius 1 is 1.06 bits per heavy atom. The summed E-state index contributed by atoms with van der Waals surface area (Å²) in [5.74, 6) is 0.930. The maximum absolute atomic E-state index is 13.6. The van der Waals surface area contributed by atoms with E-state index in [0.29, 0.717) is 38.8 Å². The molecule has 0 bridgehead atoms. The normalized spacial score (nSPS) is 11.9. The van der Waals surface area contributed by atoms with E-state index in [9.17, 15) is 9.59 Å². The number of fused-ring (bicyclic) bond motifs is 1. The number of carbonyl (C=O) groups excluding carboxylic acids is 1. The lowest BCUT2D eigenvalue weighted by Crippen LogP contribution is -2.35. The lowest BCUT2D eigenvalue weighted by molar-refractivity contribution is 0.0735. The molecule has 1 heterocycles. The van der Waals surface area contributed by atoms with Gasteiger partial charge in [0.25, 0.3) is 11.5 Å². The van der Waals surface area contributed by atoms with Gasteiger partial charge in [-0.1, -0.05) is 29.8 Å².